The molecule has 2 amide bonds. The highest BCUT2D eigenvalue weighted by molar-refractivity contribution is 6.03. The quantitative estimate of drug-likeness (QED) is 0.336. The summed E-state index contributed by atoms with van der Waals surface area (Å²) in [5.74, 6) is 1.32. The molecular weight excluding hydrogens is 490 g/mol. The first-order valence-corrected chi connectivity index (χ1v) is 14.0. The van der Waals surface area contributed by atoms with Crippen molar-refractivity contribution in [3.05, 3.63) is 84.4 Å². The second-order valence-electron chi connectivity index (χ2n) is 10.8. The number of carbonyl (C=O) groups excluding carboxylic acids is 2. The third kappa shape index (κ3) is 4.82. The standard InChI is InChI=1S/C32H35N3O4/c1-33-22-23-38-26-13-4-2-10-24(26)11-6-7-15-32(31(33)37)16-20-35(21-17-32)30(36)29-28(34-18-8-9-19-34)25-12-3-5-14-27(25)39-29/h2-5,8-10,12-14,18-19H,6-7,11,15-17,20-23H2,1H3. The number of fused-ring (bicyclic) bond motifs is 2. The van der Waals surface area contributed by atoms with E-state index in [1.807, 2.05) is 82.3 Å². The largest absolute Gasteiger partial charge is 0.491 e. The van der Waals surface area contributed by atoms with Gasteiger partial charge in [-0.05, 0) is 68.0 Å². The molecule has 0 radical (unpaired) electrons. The number of hydrogen-bond acceptors (Lipinski definition) is 4. The molecule has 0 bridgehead atoms. The number of furan rings is 1. The van der Waals surface area contributed by atoms with E-state index in [0.717, 1.165) is 42.5 Å². The van der Waals surface area contributed by atoms with Crippen molar-refractivity contribution in [2.75, 3.05) is 33.3 Å². The van der Waals surface area contributed by atoms with Crippen molar-refractivity contribution in [2.24, 2.45) is 5.41 Å². The maximum Gasteiger partial charge on any atom is 0.291 e. The lowest BCUT2D eigenvalue weighted by atomic mass is 9.73. The number of likely N-dealkylation sites (tertiary alicyclic amines) is 1. The van der Waals surface area contributed by atoms with Gasteiger partial charge in [-0.2, -0.15) is 0 Å². The summed E-state index contributed by atoms with van der Waals surface area (Å²) in [6.45, 7) is 2.06. The molecule has 4 heterocycles. The van der Waals surface area contributed by atoms with Crippen LogP contribution in [0, 0.1) is 5.41 Å². The van der Waals surface area contributed by atoms with E-state index in [9.17, 15) is 9.59 Å². The topological polar surface area (TPSA) is 67.9 Å². The molecule has 202 valence electrons. The first kappa shape index (κ1) is 25.3. The van der Waals surface area contributed by atoms with Gasteiger partial charge in [0.2, 0.25) is 11.7 Å². The number of carbonyl (C=O) groups is 2. The molecule has 1 saturated heterocycles. The summed E-state index contributed by atoms with van der Waals surface area (Å²) >= 11 is 0. The molecule has 7 nitrogen and oxygen atoms in total. The average Bonchev–Trinajstić information content (AvgIpc) is 3.63. The fourth-order valence-corrected chi connectivity index (χ4v) is 6.20. The van der Waals surface area contributed by atoms with E-state index in [0.29, 0.717) is 50.4 Å². The van der Waals surface area contributed by atoms with Crippen LogP contribution in [-0.4, -0.2) is 59.5 Å². The first-order valence-electron chi connectivity index (χ1n) is 14.0. The predicted molar refractivity (Wildman–Crippen MR) is 150 cm³/mol. The van der Waals surface area contributed by atoms with Gasteiger partial charge in [0.25, 0.3) is 5.91 Å². The third-order valence-corrected chi connectivity index (χ3v) is 8.44. The Morgan fingerprint density at radius 2 is 1.62 bits per heavy atom. The Balaban J connectivity index is 1.21. The summed E-state index contributed by atoms with van der Waals surface area (Å²) in [5.41, 5.74) is 2.23. The van der Waals surface area contributed by atoms with Crippen LogP contribution in [0.15, 0.2) is 77.5 Å². The minimum atomic E-state index is -0.457. The Bertz CT molecular complexity index is 1460. The fraction of sp³-hybridized carbons (Fsp3) is 0.375. The van der Waals surface area contributed by atoms with Gasteiger partial charge in [0.1, 0.15) is 23.6 Å². The Labute approximate surface area is 228 Å². The Morgan fingerprint density at radius 1 is 0.872 bits per heavy atom. The van der Waals surface area contributed by atoms with E-state index < -0.39 is 5.41 Å². The molecule has 1 fully saturated rings. The van der Waals surface area contributed by atoms with E-state index in [1.165, 1.54) is 5.56 Å². The lowest BCUT2D eigenvalue weighted by Gasteiger charge is -2.42. The summed E-state index contributed by atoms with van der Waals surface area (Å²) in [7, 11) is 1.88. The zero-order valence-electron chi connectivity index (χ0n) is 22.5. The van der Waals surface area contributed by atoms with E-state index in [2.05, 4.69) is 12.1 Å². The van der Waals surface area contributed by atoms with Crippen molar-refractivity contribution in [3.63, 3.8) is 0 Å². The van der Waals surface area contributed by atoms with E-state index in [1.54, 1.807) is 0 Å². The van der Waals surface area contributed by atoms with Crippen LogP contribution in [0.25, 0.3) is 16.7 Å². The lowest BCUT2D eigenvalue weighted by Crippen LogP contribution is -2.51. The van der Waals surface area contributed by atoms with Crippen LogP contribution in [0.3, 0.4) is 0 Å². The Kier molecular flexibility index (Phi) is 6.90. The van der Waals surface area contributed by atoms with Crippen LogP contribution in [-0.2, 0) is 11.2 Å². The van der Waals surface area contributed by atoms with Gasteiger partial charge in [0.15, 0.2) is 0 Å². The number of ether oxygens (including phenoxy) is 1. The molecule has 2 aliphatic rings. The minimum Gasteiger partial charge on any atom is -0.491 e. The summed E-state index contributed by atoms with van der Waals surface area (Å²) in [5, 5.41) is 0.908. The summed E-state index contributed by atoms with van der Waals surface area (Å²) < 4.78 is 14.1. The van der Waals surface area contributed by atoms with Gasteiger partial charge in [-0.1, -0.05) is 36.8 Å². The molecule has 6 rings (SSSR count). The maximum atomic E-state index is 13.8. The number of rotatable bonds is 2. The molecule has 7 heteroatoms. The molecule has 0 unspecified atom stereocenters. The number of para-hydroxylation sites is 2. The number of nitrogens with zero attached hydrogens (tertiary/aromatic N) is 3. The smallest absolute Gasteiger partial charge is 0.291 e. The van der Waals surface area contributed by atoms with Crippen LogP contribution in [0.2, 0.25) is 0 Å². The molecule has 2 aromatic heterocycles. The van der Waals surface area contributed by atoms with Gasteiger partial charge < -0.3 is 23.5 Å². The van der Waals surface area contributed by atoms with Crippen LogP contribution >= 0.6 is 0 Å². The molecule has 39 heavy (non-hydrogen) atoms. The molecule has 0 N–H and O–H groups in total. The zero-order valence-corrected chi connectivity index (χ0v) is 22.5. The molecule has 4 aromatic rings. The number of likely N-dealkylation sites (N-methyl/N-ethyl adjacent to an activating group) is 1. The Hall–Kier alpha value is -4.00. The van der Waals surface area contributed by atoms with Gasteiger partial charge in [0, 0.05) is 37.9 Å². The molecule has 2 aromatic carbocycles. The number of benzene rings is 2. The zero-order chi connectivity index (χ0) is 26.8. The Morgan fingerprint density at radius 3 is 2.44 bits per heavy atom. The molecule has 1 spiro atoms. The predicted octanol–water partition coefficient (Wildman–Crippen LogP) is 5.71. The fourth-order valence-electron chi connectivity index (χ4n) is 6.20. The molecule has 0 saturated carbocycles. The maximum absolute atomic E-state index is 13.8. The van der Waals surface area contributed by atoms with Gasteiger partial charge in [-0.25, -0.2) is 0 Å². The van der Waals surface area contributed by atoms with Crippen molar-refractivity contribution in [3.8, 4) is 11.4 Å². The highest BCUT2D eigenvalue weighted by Gasteiger charge is 2.44. The van der Waals surface area contributed by atoms with Gasteiger partial charge >= 0.3 is 0 Å². The van der Waals surface area contributed by atoms with Crippen LogP contribution < -0.4 is 4.74 Å². The van der Waals surface area contributed by atoms with Gasteiger partial charge in [0.05, 0.1) is 12.0 Å². The molecule has 0 aliphatic carbocycles. The molecule has 2 aliphatic heterocycles. The van der Waals surface area contributed by atoms with E-state index in [-0.39, 0.29) is 11.8 Å². The van der Waals surface area contributed by atoms with Crippen LogP contribution in [0.4, 0.5) is 0 Å². The molecular formula is C32H35N3O4. The van der Waals surface area contributed by atoms with Gasteiger partial charge in [-0.15, -0.1) is 0 Å². The van der Waals surface area contributed by atoms with Crippen molar-refractivity contribution in [1.29, 1.82) is 0 Å². The van der Waals surface area contributed by atoms with Crippen LogP contribution in [0.1, 0.15) is 48.2 Å². The van der Waals surface area contributed by atoms with Gasteiger partial charge in [-0.3, -0.25) is 9.59 Å². The van der Waals surface area contributed by atoms with Crippen molar-refractivity contribution >= 4 is 22.8 Å². The van der Waals surface area contributed by atoms with Crippen molar-refractivity contribution in [1.82, 2.24) is 14.4 Å². The number of aryl methyl sites for hydroxylation is 1. The summed E-state index contributed by atoms with van der Waals surface area (Å²) in [6, 6.07) is 19.8. The minimum absolute atomic E-state index is 0.122. The number of aromatic nitrogens is 1. The summed E-state index contributed by atoms with van der Waals surface area (Å²) in [4.78, 5) is 31.3. The van der Waals surface area contributed by atoms with Crippen molar-refractivity contribution in [2.45, 2.75) is 38.5 Å². The van der Waals surface area contributed by atoms with E-state index in [4.69, 9.17) is 9.15 Å². The van der Waals surface area contributed by atoms with E-state index >= 15 is 0 Å². The third-order valence-electron chi connectivity index (χ3n) is 8.44. The SMILES string of the molecule is CN1CCOc2ccccc2CCCCC2(CCN(C(=O)c3oc4ccccc4c3-n3cccc3)CC2)C1=O. The van der Waals surface area contributed by atoms with Crippen LogP contribution in [0.5, 0.6) is 5.75 Å². The lowest BCUT2D eigenvalue weighted by molar-refractivity contribution is -0.144. The number of hydrogen-bond donors (Lipinski definition) is 0. The number of piperidine rings is 1. The first-order chi connectivity index (χ1) is 19.1. The highest BCUT2D eigenvalue weighted by atomic mass is 16.5. The summed E-state index contributed by atoms with van der Waals surface area (Å²) in [6.07, 6.45) is 8.90. The monoisotopic (exact) mass is 525 g/mol. The average molecular weight is 526 g/mol. The molecule has 0 atom stereocenters. The van der Waals surface area contributed by atoms with Crippen molar-refractivity contribution < 1.29 is 18.7 Å². The number of amides is 2. The second kappa shape index (κ2) is 10.6. The second-order valence-corrected chi connectivity index (χ2v) is 10.8. The highest BCUT2D eigenvalue weighted by Crippen LogP contribution is 2.40. The normalized spacial score (nSPS) is 18.3.